The summed E-state index contributed by atoms with van der Waals surface area (Å²) in [6.45, 7) is 0. The van der Waals surface area contributed by atoms with Crippen LogP contribution < -0.4 is 5.32 Å². The largest absolute Gasteiger partial charge is 0.312 e. The van der Waals surface area contributed by atoms with E-state index in [1.807, 2.05) is 60.7 Å². The first-order valence-corrected chi connectivity index (χ1v) is 8.30. The van der Waals surface area contributed by atoms with Gasteiger partial charge in [-0.3, -0.25) is 4.79 Å². The first-order chi connectivity index (χ1) is 11.8. The lowest BCUT2D eigenvalue weighted by Crippen LogP contribution is -2.12. The molecule has 0 aliphatic heterocycles. The van der Waals surface area contributed by atoms with E-state index in [0.29, 0.717) is 16.1 Å². The smallest absolute Gasteiger partial charge is 0.256 e. The lowest BCUT2D eigenvalue weighted by atomic mass is 10.0. The Labute approximate surface area is 142 Å². The van der Waals surface area contributed by atoms with Crippen LogP contribution in [-0.4, -0.2) is 5.91 Å². The molecule has 1 heterocycles. The van der Waals surface area contributed by atoms with E-state index in [0.717, 1.165) is 20.9 Å². The Morgan fingerprint density at radius 1 is 0.917 bits per heavy atom. The highest BCUT2D eigenvalue weighted by atomic mass is 32.1. The minimum Gasteiger partial charge on any atom is -0.312 e. The lowest BCUT2D eigenvalue weighted by molar-refractivity contribution is 0.102. The molecule has 3 aromatic carbocycles. The second-order valence-corrected chi connectivity index (χ2v) is 6.45. The van der Waals surface area contributed by atoms with Crippen LogP contribution in [0.5, 0.6) is 0 Å². The van der Waals surface area contributed by atoms with E-state index >= 15 is 0 Å². The van der Waals surface area contributed by atoms with Gasteiger partial charge in [0, 0.05) is 15.6 Å². The van der Waals surface area contributed by atoms with Crippen molar-refractivity contribution in [2.75, 3.05) is 5.32 Å². The minimum absolute atomic E-state index is 0.199. The highest BCUT2D eigenvalue weighted by molar-refractivity contribution is 7.23. The summed E-state index contributed by atoms with van der Waals surface area (Å²) < 4.78 is 0.988. The van der Waals surface area contributed by atoms with Crippen LogP contribution in [-0.2, 0) is 0 Å². The van der Waals surface area contributed by atoms with Crippen molar-refractivity contribution in [2.24, 2.45) is 0 Å². The number of amides is 1. The van der Waals surface area contributed by atoms with E-state index in [9.17, 15) is 10.1 Å². The van der Waals surface area contributed by atoms with Gasteiger partial charge in [0.1, 0.15) is 11.1 Å². The Morgan fingerprint density at radius 2 is 1.62 bits per heavy atom. The van der Waals surface area contributed by atoms with Crippen LogP contribution in [0.3, 0.4) is 0 Å². The summed E-state index contributed by atoms with van der Waals surface area (Å²) in [5.74, 6) is -0.199. The average Bonchev–Trinajstić information content (AvgIpc) is 2.98. The predicted molar refractivity (Wildman–Crippen MR) is 98.4 cm³/mol. The third-order valence-corrected chi connectivity index (χ3v) is 5.05. The standard InChI is InChI=1S/C20H12N2OS/c21-12-17-15-9-3-4-11-18(15)24-20(17)22-19(23)16-10-5-7-13-6-1-2-8-14(13)16/h1-11H,(H,22,23). The molecular weight excluding hydrogens is 316 g/mol. The fraction of sp³-hybridized carbons (Fsp3) is 0. The van der Waals surface area contributed by atoms with Gasteiger partial charge in [0.2, 0.25) is 0 Å². The Hall–Kier alpha value is -3.16. The molecule has 24 heavy (non-hydrogen) atoms. The van der Waals surface area contributed by atoms with Gasteiger partial charge < -0.3 is 5.32 Å². The van der Waals surface area contributed by atoms with Gasteiger partial charge in [-0.2, -0.15) is 5.26 Å². The highest BCUT2D eigenvalue weighted by Gasteiger charge is 2.16. The van der Waals surface area contributed by atoms with Gasteiger partial charge in [0.15, 0.2) is 0 Å². The molecule has 0 saturated carbocycles. The Morgan fingerprint density at radius 3 is 2.46 bits per heavy atom. The number of nitrogens with one attached hydrogen (secondary N) is 1. The predicted octanol–water partition coefficient (Wildman–Crippen LogP) is 5.18. The summed E-state index contributed by atoms with van der Waals surface area (Å²) in [5, 5.41) is 15.8. The van der Waals surface area contributed by atoms with Gasteiger partial charge in [0.05, 0.1) is 5.56 Å². The van der Waals surface area contributed by atoms with Crippen LogP contribution in [0.1, 0.15) is 15.9 Å². The molecule has 0 fully saturated rings. The van der Waals surface area contributed by atoms with Crippen LogP contribution in [0.4, 0.5) is 5.00 Å². The Bertz CT molecular complexity index is 1120. The van der Waals surface area contributed by atoms with Crippen molar-refractivity contribution in [1.82, 2.24) is 0 Å². The van der Waals surface area contributed by atoms with E-state index in [1.54, 1.807) is 6.07 Å². The van der Waals surface area contributed by atoms with E-state index in [4.69, 9.17) is 0 Å². The number of fused-ring (bicyclic) bond motifs is 2. The fourth-order valence-corrected chi connectivity index (χ4v) is 3.89. The molecule has 0 aliphatic carbocycles. The number of carbonyl (C=O) groups excluding carboxylic acids is 1. The van der Waals surface area contributed by atoms with Crippen LogP contribution in [0, 0.1) is 11.3 Å². The summed E-state index contributed by atoms with van der Waals surface area (Å²) in [7, 11) is 0. The minimum atomic E-state index is -0.199. The molecule has 1 aromatic heterocycles. The summed E-state index contributed by atoms with van der Waals surface area (Å²) in [4.78, 5) is 12.8. The topological polar surface area (TPSA) is 52.9 Å². The summed E-state index contributed by atoms with van der Waals surface area (Å²) in [6.07, 6.45) is 0. The molecule has 0 saturated heterocycles. The molecule has 4 heteroatoms. The second-order valence-electron chi connectivity index (χ2n) is 5.39. The number of thiophene rings is 1. The molecule has 1 amide bonds. The summed E-state index contributed by atoms with van der Waals surface area (Å²) in [5.41, 5.74) is 1.12. The van der Waals surface area contributed by atoms with Gasteiger partial charge in [-0.25, -0.2) is 0 Å². The molecule has 3 nitrogen and oxygen atoms in total. The number of benzene rings is 3. The molecule has 114 valence electrons. The fourth-order valence-electron chi connectivity index (χ4n) is 2.84. The zero-order chi connectivity index (χ0) is 16.5. The third kappa shape index (κ3) is 2.32. The van der Waals surface area contributed by atoms with Gasteiger partial charge in [-0.15, -0.1) is 11.3 Å². The van der Waals surface area contributed by atoms with Crippen LogP contribution >= 0.6 is 11.3 Å². The number of carbonyl (C=O) groups is 1. The number of rotatable bonds is 2. The van der Waals surface area contributed by atoms with Gasteiger partial charge in [0.25, 0.3) is 5.91 Å². The van der Waals surface area contributed by atoms with Gasteiger partial charge in [-0.05, 0) is 22.9 Å². The Kier molecular flexibility index (Phi) is 3.49. The number of nitriles is 1. The van der Waals surface area contributed by atoms with E-state index in [2.05, 4.69) is 11.4 Å². The first-order valence-electron chi connectivity index (χ1n) is 7.48. The first kappa shape index (κ1) is 14.4. The number of anilines is 1. The maximum atomic E-state index is 12.8. The van der Waals surface area contributed by atoms with Crippen molar-refractivity contribution in [3.8, 4) is 6.07 Å². The summed E-state index contributed by atoms with van der Waals surface area (Å²) >= 11 is 1.42. The maximum absolute atomic E-state index is 12.8. The molecule has 0 radical (unpaired) electrons. The number of nitrogens with zero attached hydrogens (tertiary/aromatic N) is 1. The SMILES string of the molecule is N#Cc1c(NC(=O)c2cccc3ccccc23)sc2ccccc12. The molecule has 4 rings (SSSR count). The van der Waals surface area contributed by atoms with Crippen LogP contribution in [0.15, 0.2) is 66.7 Å². The van der Waals surface area contributed by atoms with Crippen LogP contribution in [0.25, 0.3) is 20.9 Å². The van der Waals surface area contributed by atoms with Crippen molar-refractivity contribution in [3.05, 3.63) is 77.9 Å². The van der Waals surface area contributed by atoms with Crippen molar-refractivity contribution < 1.29 is 4.79 Å². The second kappa shape index (κ2) is 5.80. The monoisotopic (exact) mass is 328 g/mol. The molecule has 4 aromatic rings. The molecule has 0 atom stereocenters. The average molecular weight is 328 g/mol. The van der Waals surface area contributed by atoms with Crippen molar-refractivity contribution in [1.29, 1.82) is 5.26 Å². The summed E-state index contributed by atoms with van der Waals surface area (Å²) in [6, 6.07) is 23.3. The number of hydrogen-bond acceptors (Lipinski definition) is 3. The van der Waals surface area contributed by atoms with E-state index in [1.165, 1.54) is 11.3 Å². The van der Waals surface area contributed by atoms with Crippen molar-refractivity contribution >= 4 is 43.1 Å². The van der Waals surface area contributed by atoms with E-state index < -0.39 is 0 Å². The molecule has 0 bridgehead atoms. The van der Waals surface area contributed by atoms with Crippen molar-refractivity contribution in [3.63, 3.8) is 0 Å². The zero-order valence-corrected chi connectivity index (χ0v) is 13.4. The maximum Gasteiger partial charge on any atom is 0.256 e. The van der Waals surface area contributed by atoms with Crippen molar-refractivity contribution in [2.45, 2.75) is 0 Å². The van der Waals surface area contributed by atoms with E-state index in [-0.39, 0.29) is 5.91 Å². The van der Waals surface area contributed by atoms with Gasteiger partial charge in [-0.1, -0.05) is 54.6 Å². The highest BCUT2D eigenvalue weighted by Crippen LogP contribution is 2.35. The number of hydrogen-bond donors (Lipinski definition) is 1. The molecule has 0 spiro atoms. The molecule has 0 aliphatic rings. The Balaban J connectivity index is 1.78. The third-order valence-electron chi connectivity index (χ3n) is 3.97. The quantitative estimate of drug-likeness (QED) is 0.551. The molecule has 1 N–H and O–H groups in total. The zero-order valence-electron chi connectivity index (χ0n) is 12.6. The lowest BCUT2D eigenvalue weighted by Gasteiger charge is -2.07. The van der Waals surface area contributed by atoms with Gasteiger partial charge >= 0.3 is 0 Å². The molecular formula is C20H12N2OS. The normalized spacial score (nSPS) is 10.6. The molecule has 0 unspecified atom stereocenters. The van der Waals surface area contributed by atoms with Crippen LogP contribution in [0.2, 0.25) is 0 Å².